The molecule has 1 fully saturated rings. The van der Waals surface area contributed by atoms with Crippen molar-refractivity contribution in [3.63, 3.8) is 0 Å². The summed E-state index contributed by atoms with van der Waals surface area (Å²) >= 11 is 1.74. The van der Waals surface area contributed by atoms with Crippen LogP contribution in [0.25, 0.3) is 10.7 Å². The van der Waals surface area contributed by atoms with Crippen molar-refractivity contribution in [2.45, 2.75) is 31.8 Å². The summed E-state index contributed by atoms with van der Waals surface area (Å²) in [6, 6.07) is 14.7. The summed E-state index contributed by atoms with van der Waals surface area (Å²) in [4.78, 5) is 7.03. The van der Waals surface area contributed by atoms with Gasteiger partial charge in [-0.3, -0.25) is 5.10 Å². The normalized spacial score (nSPS) is 17.7. The zero-order chi connectivity index (χ0) is 15.5. The number of H-pyrrole nitrogens is 1. The Kier molecular flexibility index (Phi) is 4.22. The van der Waals surface area contributed by atoms with Crippen molar-refractivity contribution in [1.82, 2.24) is 15.2 Å². The Hall–Kier alpha value is -1.98. The van der Waals surface area contributed by atoms with Gasteiger partial charge in [-0.2, -0.15) is 5.10 Å². The second-order valence-electron chi connectivity index (χ2n) is 5.79. The van der Waals surface area contributed by atoms with E-state index >= 15 is 0 Å². The van der Waals surface area contributed by atoms with Gasteiger partial charge < -0.3 is 4.74 Å². The van der Waals surface area contributed by atoms with Gasteiger partial charge in [-0.15, -0.1) is 11.3 Å². The van der Waals surface area contributed by atoms with Crippen molar-refractivity contribution >= 4 is 11.3 Å². The van der Waals surface area contributed by atoms with E-state index in [9.17, 15) is 0 Å². The number of nitrogens with zero attached hydrogens (tertiary/aromatic N) is 2. The Bertz CT molecular complexity index is 759. The van der Waals surface area contributed by atoms with E-state index in [0.29, 0.717) is 0 Å². The molecule has 23 heavy (non-hydrogen) atoms. The molecular weight excluding hydrogens is 306 g/mol. The fourth-order valence-corrected chi connectivity index (χ4v) is 3.90. The maximum atomic E-state index is 5.74. The molecular formula is C18H19N3OS. The van der Waals surface area contributed by atoms with Gasteiger partial charge in [-0.25, -0.2) is 4.98 Å². The number of rotatable bonds is 5. The molecule has 4 rings (SSSR count). The highest BCUT2D eigenvalue weighted by Crippen LogP contribution is 2.36. The highest BCUT2D eigenvalue weighted by Gasteiger charge is 2.20. The predicted octanol–water partition coefficient (Wildman–Crippen LogP) is 4.17. The molecule has 0 aliphatic carbocycles. The number of ether oxygens (including phenoxy) is 1. The van der Waals surface area contributed by atoms with Crippen molar-refractivity contribution in [2.24, 2.45) is 0 Å². The number of aromatic amines is 1. The maximum absolute atomic E-state index is 5.74. The van der Waals surface area contributed by atoms with Gasteiger partial charge in [0.15, 0.2) is 5.82 Å². The van der Waals surface area contributed by atoms with Gasteiger partial charge in [0.25, 0.3) is 0 Å². The van der Waals surface area contributed by atoms with Gasteiger partial charge >= 0.3 is 0 Å². The van der Waals surface area contributed by atoms with Crippen LogP contribution in [0.1, 0.15) is 35.2 Å². The van der Waals surface area contributed by atoms with Crippen LogP contribution in [0.5, 0.6) is 0 Å². The fourth-order valence-electron chi connectivity index (χ4n) is 2.87. The molecule has 1 N–H and O–H groups in total. The Balaban J connectivity index is 1.43. The summed E-state index contributed by atoms with van der Waals surface area (Å²) in [5, 5.41) is 7.44. The number of nitrogens with one attached hydrogen (secondary N) is 1. The zero-order valence-corrected chi connectivity index (χ0v) is 13.7. The standard InChI is InChI=1S/C18H19N3OS/c1-2-5-13(6-3-1)8-11-17-19-18(21-20-17)16-10-9-15(23-16)14-7-4-12-22-14/h1-3,5-6,9-10,14H,4,7-8,11-12H2,(H,19,20,21)/t14-/m1/s1. The Labute approximate surface area is 139 Å². The molecule has 1 aliphatic rings. The third kappa shape index (κ3) is 3.35. The van der Waals surface area contributed by atoms with Crippen molar-refractivity contribution < 1.29 is 4.74 Å². The quantitative estimate of drug-likeness (QED) is 0.766. The highest BCUT2D eigenvalue weighted by molar-refractivity contribution is 7.15. The predicted molar refractivity (Wildman–Crippen MR) is 91.5 cm³/mol. The average molecular weight is 325 g/mol. The van der Waals surface area contributed by atoms with E-state index in [4.69, 9.17) is 4.74 Å². The van der Waals surface area contributed by atoms with Gasteiger partial charge in [0, 0.05) is 17.9 Å². The molecule has 3 heterocycles. The van der Waals surface area contributed by atoms with Crippen LogP contribution in [0, 0.1) is 0 Å². The third-order valence-electron chi connectivity index (χ3n) is 4.12. The van der Waals surface area contributed by atoms with Crippen LogP contribution in [-0.4, -0.2) is 21.8 Å². The van der Waals surface area contributed by atoms with Crippen LogP contribution in [0.2, 0.25) is 0 Å². The molecule has 0 unspecified atom stereocenters. The van der Waals surface area contributed by atoms with E-state index in [2.05, 4.69) is 51.6 Å². The highest BCUT2D eigenvalue weighted by atomic mass is 32.1. The lowest BCUT2D eigenvalue weighted by atomic mass is 10.1. The number of aromatic nitrogens is 3. The first-order valence-corrected chi connectivity index (χ1v) is 8.87. The third-order valence-corrected chi connectivity index (χ3v) is 5.29. The first-order chi connectivity index (χ1) is 11.4. The molecule has 0 spiro atoms. The van der Waals surface area contributed by atoms with Crippen molar-refractivity contribution in [1.29, 1.82) is 0 Å². The average Bonchev–Trinajstić information content (AvgIpc) is 3.33. The van der Waals surface area contributed by atoms with Crippen molar-refractivity contribution in [3.8, 4) is 10.7 Å². The molecule has 4 nitrogen and oxygen atoms in total. The molecule has 2 aromatic heterocycles. The molecule has 1 atom stereocenters. The maximum Gasteiger partial charge on any atom is 0.191 e. The van der Waals surface area contributed by atoms with Crippen LogP contribution in [0.15, 0.2) is 42.5 Å². The van der Waals surface area contributed by atoms with Crippen molar-refractivity contribution in [2.75, 3.05) is 6.61 Å². The second-order valence-corrected chi connectivity index (χ2v) is 6.91. The number of hydrogen-bond donors (Lipinski definition) is 1. The van der Waals surface area contributed by atoms with Gasteiger partial charge in [0.1, 0.15) is 5.82 Å². The second kappa shape index (κ2) is 6.64. The number of benzene rings is 1. The minimum Gasteiger partial charge on any atom is -0.373 e. The molecule has 3 aromatic rings. The summed E-state index contributed by atoms with van der Waals surface area (Å²) in [5.74, 6) is 1.73. The van der Waals surface area contributed by atoms with E-state index in [0.717, 1.165) is 48.8 Å². The largest absolute Gasteiger partial charge is 0.373 e. The molecule has 0 bridgehead atoms. The fraction of sp³-hybridized carbons (Fsp3) is 0.333. The van der Waals surface area contributed by atoms with Crippen molar-refractivity contribution in [3.05, 3.63) is 58.7 Å². The topological polar surface area (TPSA) is 50.8 Å². The Morgan fingerprint density at radius 3 is 2.87 bits per heavy atom. The molecule has 0 amide bonds. The SMILES string of the molecule is c1ccc(CCc2nc(-c3ccc([C@H]4CCCO4)s3)n[nH]2)cc1. The summed E-state index contributed by atoms with van der Waals surface area (Å²) in [6.45, 7) is 0.877. The van der Waals surface area contributed by atoms with Gasteiger partial charge in [0.05, 0.1) is 11.0 Å². The molecule has 5 heteroatoms. The summed E-state index contributed by atoms with van der Waals surface area (Å²) in [5.41, 5.74) is 1.32. The van der Waals surface area contributed by atoms with Gasteiger partial charge in [-0.05, 0) is 37.0 Å². The summed E-state index contributed by atoms with van der Waals surface area (Å²) in [7, 11) is 0. The minimum atomic E-state index is 0.269. The molecule has 0 saturated carbocycles. The van der Waals surface area contributed by atoms with Gasteiger partial charge in [0.2, 0.25) is 0 Å². The van der Waals surface area contributed by atoms with E-state index < -0.39 is 0 Å². The van der Waals surface area contributed by atoms with E-state index in [1.54, 1.807) is 11.3 Å². The zero-order valence-electron chi connectivity index (χ0n) is 12.9. The number of hydrogen-bond acceptors (Lipinski definition) is 4. The van der Waals surface area contributed by atoms with Crippen LogP contribution in [0.4, 0.5) is 0 Å². The molecule has 1 aliphatic heterocycles. The van der Waals surface area contributed by atoms with Gasteiger partial charge in [-0.1, -0.05) is 30.3 Å². The Morgan fingerprint density at radius 2 is 2.04 bits per heavy atom. The lowest BCUT2D eigenvalue weighted by Crippen LogP contribution is -1.93. The lowest BCUT2D eigenvalue weighted by molar-refractivity contribution is 0.114. The first kappa shape index (κ1) is 14.6. The minimum absolute atomic E-state index is 0.269. The summed E-state index contributed by atoms with van der Waals surface area (Å²) in [6.07, 6.45) is 4.39. The van der Waals surface area contributed by atoms with Crippen LogP contribution in [0.3, 0.4) is 0 Å². The molecule has 1 saturated heterocycles. The first-order valence-electron chi connectivity index (χ1n) is 8.05. The molecule has 118 valence electrons. The smallest absolute Gasteiger partial charge is 0.191 e. The van der Waals surface area contributed by atoms with Crippen LogP contribution >= 0.6 is 11.3 Å². The lowest BCUT2D eigenvalue weighted by Gasteiger charge is -2.04. The van der Waals surface area contributed by atoms with Crippen LogP contribution < -0.4 is 0 Å². The molecule has 1 aromatic carbocycles. The van der Waals surface area contributed by atoms with E-state index in [1.165, 1.54) is 10.4 Å². The Morgan fingerprint density at radius 1 is 1.13 bits per heavy atom. The molecule has 0 radical (unpaired) electrons. The summed E-state index contributed by atoms with van der Waals surface area (Å²) < 4.78 is 5.74. The monoisotopic (exact) mass is 325 g/mol. The van der Waals surface area contributed by atoms with E-state index in [-0.39, 0.29) is 6.10 Å². The van der Waals surface area contributed by atoms with Crippen LogP contribution in [-0.2, 0) is 17.6 Å². The van der Waals surface area contributed by atoms with E-state index in [1.807, 2.05) is 6.07 Å². The number of thiophene rings is 1. The number of aryl methyl sites for hydroxylation is 2.